The molecule has 1 saturated heterocycles. The van der Waals surface area contributed by atoms with Gasteiger partial charge in [0.15, 0.2) is 0 Å². The Kier molecular flexibility index (Phi) is 7.59. The van der Waals surface area contributed by atoms with Gasteiger partial charge in [-0.3, -0.25) is 4.99 Å². The molecule has 0 saturated carbocycles. The molecule has 1 unspecified atom stereocenters. The number of benzene rings is 2. The Morgan fingerprint density at radius 2 is 1.79 bits per heavy atom. The minimum Gasteiger partial charge on any atom is -0.323 e. The number of nitrogens with zero attached hydrogens (tertiary/aromatic N) is 3. The normalized spacial score (nSPS) is 17.1. The maximum atomic E-state index is 13.1. The summed E-state index contributed by atoms with van der Waals surface area (Å²) in [6.07, 6.45) is 1.10. The summed E-state index contributed by atoms with van der Waals surface area (Å²) in [5.74, 6) is 0. The van der Waals surface area contributed by atoms with E-state index in [4.69, 9.17) is 4.99 Å². The van der Waals surface area contributed by atoms with Gasteiger partial charge in [-0.15, -0.1) is 0 Å². The van der Waals surface area contributed by atoms with Crippen LogP contribution in [-0.2, 0) is 19.1 Å². The molecule has 2 aromatic rings. The molecule has 0 N–H and O–H groups in total. The number of unbranched alkanes of at least 4 members (excludes halogenated alkanes) is 2. The van der Waals surface area contributed by atoms with Crippen LogP contribution in [0.2, 0.25) is 0 Å². The van der Waals surface area contributed by atoms with Crippen LogP contribution >= 0.6 is 0 Å². The van der Waals surface area contributed by atoms with E-state index in [9.17, 15) is 18.0 Å². The summed E-state index contributed by atoms with van der Waals surface area (Å²) >= 11 is 0. The average Bonchev–Trinajstić information content (AvgIpc) is 3.19. The number of carbonyl (C=O) groups is 1. The fraction of sp³-hybridized carbons (Fsp3) is 0.481. The van der Waals surface area contributed by atoms with Crippen LogP contribution in [0.3, 0.4) is 0 Å². The van der Waals surface area contributed by atoms with Gasteiger partial charge in [0, 0.05) is 31.8 Å². The summed E-state index contributed by atoms with van der Waals surface area (Å²) in [6, 6.07) is 13.4. The van der Waals surface area contributed by atoms with Gasteiger partial charge in [-0.1, -0.05) is 49.7 Å². The standard InChI is InChI=1S/C27H32F3N3O/c1-2-25(21-11-8-12-23(17-21)27(28,29)30)33-16-15-32(26(33)34)14-7-3-4-13-24-18-20-9-5-6-10-22(20)19-31-24/h5-6,8-12,17,25H,2-4,7,13-16,18-19H2,1H3. The SMILES string of the molecule is CCC(c1cccc(C(F)(F)F)c1)N1CCN(CCCCCC2=NCc3ccccc3C2)C1=O. The summed E-state index contributed by atoms with van der Waals surface area (Å²) in [5.41, 5.74) is 3.83. The molecule has 2 aliphatic rings. The fourth-order valence-corrected chi connectivity index (χ4v) is 4.99. The number of alkyl halides is 3. The Labute approximate surface area is 199 Å². The quantitative estimate of drug-likeness (QED) is 0.377. The molecule has 7 heteroatoms. The molecule has 2 aliphatic heterocycles. The zero-order valence-electron chi connectivity index (χ0n) is 19.7. The topological polar surface area (TPSA) is 35.9 Å². The van der Waals surface area contributed by atoms with Crippen molar-refractivity contribution in [2.45, 2.75) is 64.2 Å². The Morgan fingerprint density at radius 3 is 2.56 bits per heavy atom. The first-order chi connectivity index (χ1) is 16.4. The van der Waals surface area contributed by atoms with Crippen molar-refractivity contribution in [3.05, 3.63) is 70.8 Å². The van der Waals surface area contributed by atoms with E-state index in [1.807, 2.05) is 11.8 Å². The van der Waals surface area contributed by atoms with Gasteiger partial charge < -0.3 is 9.80 Å². The van der Waals surface area contributed by atoms with E-state index < -0.39 is 11.7 Å². The highest BCUT2D eigenvalue weighted by atomic mass is 19.4. The van der Waals surface area contributed by atoms with E-state index in [-0.39, 0.29) is 12.1 Å². The van der Waals surface area contributed by atoms with Gasteiger partial charge in [0.25, 0.3) is 0 Å². The lowest BCUT2D eigenvalue weighted by Crippen LogP contribution is -2.35. The largest absolute Gasteiger partial charge is 0.416 e. The third kappa shape index (κ3) is 5.62. The molecule has 2 amide bonds. The molecule has 182 valence electrons. The third-order valence-electron chi connectivity index (χ3n) is 6.87. The van der Waals surface area contributed by atoms with Gasteiger partial charge in [-0.25, -0.2) is 4.79 Å². The van der Waals surface area contributed by atoms with Crippen molar-refractivity contribution in [2.75, 3.05) is 19.6 Å². The van der Waals surface area contributed by atoms with E-state index >= 15 is 0 Å². The predicted octanol–water partition coefficient (Wildman–Crippen LogP) is 6.65. The van der Waals surface area contributed by atoms with Crippen LogP contribution in [0.4, 0.5) is 18.0 Å². The molecule has 1 fully saturated rings. The second-order valence-corrected chi connectivity index (χ2v) is 9.15. The van der Waals surface area contributed by atoms with Crippen LogP contribution in [-0.4, -0.2) is 41.2 Å². The minimum absolute atomic E-state index is 0.0717. The molecule has 2 heterocycles. The molecule has 4 rings (SSSR count). The van der Waals surface area contributed by atoms with Crippen LogP contribution < -0.4 is 0 Å². The Hall–Kier alpha value is -2.83. The molecule has 0 aliphatic carbocycles. The molecule has 0 bridgehead atoms. The van der Waals surface area contributed by atoms with Crippen LogP contribution in [0.25, 0.3) is 0 Å². The number of carbonyl (C=O) groups excluding carboxylic acids is 1. The molecule has 0 aromatic heterocycles. The monoisotopic (exact) mass is 471 g/mol. The van der Waals surface area contributed by atoms with Crippen LogP contribution in [0, 0.1) is 0 Å². The van der Waals surface area contributed by atoms with Crippen LogP contribution in [0.15, 0.2) is 53.5 Å². The second kappa shape index (κ2) is 10.6. The highest BCUT2D eigenvalue weighted by Crippen LogP contribution is 2.34. The fourth-order valence-electron chi connectivity index (χ4n) is 4.99. The van der Waals surface area contributed by atoms with Gasteiger partial charge in [0.05, 0.1) is 18.2 Å². The van der Waals surface area contributed by atoms with Crippen LogP contribution in [0.1, 0.15) is 67.3 Å². The van der Waals surface area contributed by atoms with E-state index in [1.54, 1.807) is 11.0 Å². The number of hydrogen-bond acceptors (Lipinski definition) is 2. The van der Waals surface area contributed by atoms with Crippen molar-refractivity contribution in [3.8, 4) is 0 Å². The summed E-state index contributed by atoms with van der Waals surface area (Å²) in [6.45, 7) is 4.53. The zero-order chi connectivity index (χ0) is 24.1. The maximum Gasteiger partial charge on any atom is 0.416 e. The molecule has 1 atom stereocenters. The van der Waals surface area contributed by atoms with E-state index in [2.05, 4.69) is 24.3 Å². The molecule has 0 radical (unpaired) electrons. The van der Waals surface area contributed by atoms with E-state index in [1.165, 1.54) is 29.0 Å². The Balaban J connectivity index is 1.24. The third-order valence-corrected chi connectivity index (χ3v) is 6.87. The van der Waals surface area contributed by atoms with Crippen molar-refractivity contribution in [1.29, 1.82) is 0 Å². The number of aliphatic imine (C=N–C) groups is 1. The lowest BCUT2D eigenvalue weighted by atomic mass is 9.96. The lowest BCUT2D eigenvalue weighted by Gasteiger charge is -2.28. The number of halogens is 3. The van der Waals surface area contributed by atoms with Gasteiger partial charge in [-0.05, 0) is 54.5 Å². The number of amides is 2. The lowest BCUT2D eigenvalue weighted by molar-refractivity contribution is -0.137. The average molecular weight is 472 g/mol. The zero-order valence-corrected chi connectivity index (χ0v) is 19.7. The van der Waals surface area contributed by atoms with Gasteiger partial charge in [0.2, 0.25) is 0 Å². The van der Waals surface area contributed by atoms with E-state index in [0.29, 0.717) is 31.6 Å². The first kappa shape index (κ1) is 24.3. The summed E-state index contributed by atoms with van der Waals surface area (Å²) in [7, 11) is 0. The highest BCUT2D eigenvalue weighted by molar-refractivity contribution is 5.87. The van der Waals surface area contributed by atoms with Crippen molar-refractivity contribution < 1.29 is 18.0 Å². The molecular weight excluding hydrogens is 439 g/mol. The summed E-state index contributed by atoms with van der Waals surface area (Å²) in [4.78, 5) is 21.3. The van der Waals surface area contributed by atoms with Crippen molar-refractivity contribution in [3.63, 3.8) is 0 Å². The molecular formula is C27H32F3N3O. The Morgan fingerprint density at radius 1 is 1.00 bits per heavy atom. The Bertz CT molecular complexity index is 1030. The van der Waals surface area contributed by atoms with E-state index in [0.717, 1.165) is 44.7 Å². The number of urea groups is 1. The molecule has 4 nitrogen and oxygen atoms in total. The van der Waals surface area contributed by atoms with Crippen molar-refractivity contribution in [1.82, 2.24) is 9.80 Å². The minimum atomic E-state index is -4.39. The first-order valence-corrected chi connectivity index (χ1v) is 12.2. The molecule has 2 aromatic carbocycles. The first-order valence-electron chi connectivity index (χ1n) is 12.2. The molecule has 0 spiro atoms. The van der Waals surface area contributed by atoms with Gasteiger partial charge in [-0.2, -0.15) is 13.2 Å². The maximum absolute atomic E-state index is 13.1. The van der Waals surface area contributed by atoms with Gasteiger partial charge >= 0.3 is 12.2 Å². The van der Waals surface area contributed by atoms with Crippen LogP contribution in [0.5, 0.6) is 0 Å². The second-order valence-electron chi connectivity index (χ2n) is 9.15. The molecule has 34 heavy (non-hydrogen) atoms. The van der Waals surface area contributed by atoms with Crippen molar-refractivity contribution >= 4 is 11.7 Å². The smallest absolute Gasteiger partial charge is 0.323 e. The van der Waals surface area contributed by atoms with Crippen molar-refractivity contribution in [2.24, 2.45) is 4.99 Å². The number of hydrogen-bond donors (Lipinski definition) is 0. The summed E-state index contributed by atoms with van der Waals surface area (Å²) < 4.78 is 39.4. The predicted molar refractivity (Wildman–Crippen MR) is 128 cm³/mol. The number of fused-ring (bicyclic) bond motifs is 1. The number of rotatable bonds is 9. The van der Waals surface area contributed by atoms with Gasteiger partial charge in [0.1, 0.15) is 0 Å². The summed E-state index contributed by atoms with van der Waals surface area (Å²) in [5, 5.41) is 0. The highest BCUT2D eigenvalue weighted by Gasteiger charge is 2.35.